The molecule has 1 heterocycles. The Morgan fingerprint density at radius 2 is 0.772 bits per heavy atom. The van der Waals surface area contributed by atoms with Crippen molar-refractivity contribution < 1.29 is 0 Å². The fraction of sp³-hybridized carbons (Fsp3) is 0.0556. The lowest BCUT2D eigenvalue weighted by molar-refractivity contribution is 0.661. The lowest BCUT2D eigenvalue weighted by Crippen LogP contribution is -2.15. The van der Waals surface area contributed by atoms with Crippen LogP contribution in [0.1, 0.15) is 25.0 Å². The summed E-state index contributed by atoms with van der Waals surface area (Å²) in [5, 5.41) is 6.74. The second-order valence-corrected chi connectivity index (χ2v) is 15.6. The molecule has 0 aliphatic heterocycles. The van der Waals surface area contributed by atoms with Crippen LogP contribution in [0.5, 0.6) is 0 Å². The molecule has 9 aromatic carbocycles. The van der Waals surface area contributed by atoms with E-state index in [-0.39, 0.29) is 5.41 Å². The summed E-state index contributed by atoms with van der Waals surface area (Å²) in [6, 6.07) is 67.3. The molecule has 0 saturated heterocycles. The maximum atomic E-state index is 5.42. The molecular formula is C54H37N3. The third-order valence-electron chi connectivity index (χ3n) is 11.9. The van der Waals surface area contributed by atoms with Gasteiger partial charge in [0.1, 0.15) is 0 Å². The molecule has 0 unspecified atom stereocenters. The van der Waals surface area contributed by atoms with Crippen molar-refractivity contribution in [2.24, 2.45) is 0 Å². The first-order chi connectivity index (χ1) is 28.0. The van der Waals surface area contributed by atoms with Gasteiger partial charge in [0.25, 0.3) is 0 Å². The number of aromatic nitrogens is 3. The highest BCUT2D eigenvalue weighted by atomic mass is 15.0. The molecule has 11 rings (SSSR count). The van der Waals surface area contributed by atoms with Crippen LogP contribution in [0.3, 0.4) is 0 Å². The maximum absolute atomic E-state index is 5.42. The van der Waals surface area contributed by atoms with Crippen LogP contribution in [-0.4, -0.2) is 15.0 Å². The first kappa shape index (κ1) is 33.1. The Bertz CT molecular complexity index is 3110. The Balaban J connectivity index is 1.15. The van der Waals surface area contributed by atoms with Gasteiger partial charge < -0.3 is 0 Å². The molecule has 1 aliphatic rings. The molecule has 0 spiro atoms. The van der Waals surface area contributed by atoms with Gasteiger partial charge in [-0.05, 0) is 89.0 Å². The van der Waals surface area contributed by atoms with Gasteiger partial charge in [-0.1, -0.05) is 190 Å². The SMILES string of the molecule is CC1(C)c2cc(-c3ccccc3)ccc2-c2ccc(-c3ccc4ccccc4c3-c3nc(-c4cccc5ccccc45)nc(-c4cccc5ccccc45)n3)cc21. The van der Waals surface area contributed by atoms with Gasteiger partial charge in [0.05, 0.1) is 0 Å². The first-order valence-electron chi connectivity index (χ1n) is 19.6. The monoisotopic (exact) mass is 727 g/mol. The lowest BCUT2D eigenvalue weighted by atomic mass is 9.80. The van der Waals surface area contributed by atoms with E-state index in [1.807, 2.05) is 0 Å². The highest BCUT2D eigenvalue weighted by molar-refractivity contribution is 6.04. The molecule has 10 aromatic rings. The topological polar surface area (TPSA) is 38.7 Å². The van der Waals surface area contributed by atoms with Crippen LogP contribution in [0.4, 0.5) is 0 Å². The Hall–Kier alpha value is -7.23. The second kappa shape index (κ2) is 12.9. The highest BCUT2D eigenvalue weighted by Crippen LogP contribution is 2.51. The quantitative estimate of drug-likeness (QED) is 0.177. The zero-order valence-electron chi connectivity index (χ0n) is 31.7. The Morgan fingerprint density at radius 1 is 0.316 bits per heavy atom. The molecule has 3 heteroatoms. The van der Waals surface area contributed by atoms with Gasteiger partial charge in [-0.2, -0.15) is 0 Å². The van der Waals surface area contributed by atoms with Crippen molar-refractivity contribution in [2.45, 2.75) is 19.3 Å². The summed E-state index contributed by atoms with van der Waals surface area (Å²) in [7, 11) is 0. The number of rotatable bonds is 5. The summed E-state index contributed by atoms with van der Waals surface area (Å²) in [5.74, 6) is 1.95. The molecule has 1 aliphatic carbocycles. The van der Waals surface area contributed by atoms with Gasteiger partial charge in [-0.15, -0.1) is 0 Å². The first-order valence-corrected chi connectivity index (χ1v) is 19.6. The predicted octanol–water partition coefficient (Wildman–Crippen LogP) is 14.0. The van der Waals surface area contributed by atoms with E-state index in [1.165, 1.54) is 33.4 Å². The van der Waals surface area contributed by atoms with E-state index in [4.69, 9.17) is 15.0 Å². The standard InChI is InChI=1S/C54H37N3/c1-54(2)48-32-38(34-14-4-3-5-15-34)27-30-44(48)45-31-28-39(33-49(45)54)43-29-26-37-18-8-11-23-42(37)50(43)53-56-51(46-24-12-19-35-16-6-9-21-40(35)46)55-52(57-53)47-25-13-20-36-17-7-10-22-41(36)47/h3-33H,1-2H3. The zero-order valence-corrected chi connectivity index (χ0v) is 31.7. The van der Waals surface area contributed by atoms with Crippen molar-refractivity contribution >= 4 is 32.3 Å². The number of hydrogen-bond donors (Lipinski definition) is 0. The van der Waals surface area contributed by atoms with E-state index in [0.29, 0.717) is 17.5 Å². The molecule has 0 N–H and O–H groups in total. The third-order valence-corrected chi connectivity index (χ3v) is 11.9. The fourth-order valence-electron chi connectivity index (χ4n) is 9.04. The van der Waals surface area contributed by atoms with Crippen LogP contribution in [0.25, 0.3) is 99.9 Å². The molecule has 268 valence electrons. The summed E-state index contributed by atoms with van der Waals surface area (Å²) in [5.41, 5.74) is 12.7. The summed E-state index contributed by atoms with van der Waals surface area (Å²) < 4.78 is 0. The van der Waals surface area contributed by atoms with E-state index in [1.54, 1.807) is 0 Å². The minimum absolute atomic E-state index is 0.196. The largest absolute Gasteiger partial charge is 0.208 e. The summed E-state index contributed by atoms with van der Waals surface area (Å²) in [6.45, 7) is 4.72. The molecule has 0 fully saturated rings. The normalized spacial score (nSPS) is 12.9. The van der Waals surface area contributed by atoms with Gasteiger partial charge in [0.2, 0.25) is 0 Å². The van der Waals surface area contributed by atoms with Crippen molar-refractivity contribution in [1.29, 1.82) is 0 Å². The van der Waals surface area contributed by atoms with Crippen LogP contribution < -0.4 is 0 Å². The third kappa shape index (κ3) is 5.38. The molecule has 3 nitrogen and oxygen atoms in total. The molecule has 0 bridgehead atoms. The molecular weight excluding hydrogens is 691 g/mol. The highest BCUT2D eigenvalue weighted by Gasteiger charge is 2.36. The second-order valence-electron chi connectivity index (χ2n) is 15.6. The van der Waals surface area contributed by atoms with E-state index < -0.39 is 0 Å². The van der Waals surface area contributed by atoms with Crippen LogP contribution in [0, 0.1) is 0 Å². The molecule has 1 aromatic heterocycles. The Labute approximate surface area is 332 Å². The smallest absolute Gasteiger partial charge is 0.165 e. The molecule has 0 amide bonds. The van der Waals surface area contributed by atoms with Crippen molar-refractivity contribution in [3.8, 4) is 67.5 Å². The zero-order chi connectivity index (χ0) is 38.1. The number of nitrogens with zero attached hydrogens (tertiary/aromatic N) is 3. The van der Waals surface area contributed by atoms with Gasteiger partial charge in [0.15, 0.2) is 17.5 Å². The van der Waals surface area contributed by atoms with Crippen molar-refractivity contribution in [2.75, 3.05) is 0 Å². The summed E-state index contributed by atoms with van der Waals surface area (Å²) in [4.78, 5) is 16.1. The number of fused-ring (bicyclic) bond motifs is 6. The van der Waals surface area contributed by atoms with Gasteiger partial charge in [-0.25, -0.2) is 15.0 Å². The minimum Gasteiger partial charge on any atom is -0.208 e. The van der Waals surface area contributed by atoms with Crippen molar-refractivity contribution in [1.82, 2.24) is 15.0 Å². The van der Waals surface area contributed by atoms with Crippen LogP contribution in [0.2, 0.25) is 0 Å². The van der Waals surface area contributed by atoms with E-state index in [0.717, 1.165) is 60.1 Å². The molecule has 0 saturated carbocycles. The number of hydrogen-bond acceptors (Lipinski definition) is 3. The van der Waals surface area contributed by atoms with Crippen molar-refractivity contribution in [3.63, 3.8) is 0 Å². The van der Waals surface area contributed by atoms with Crippen LogP contribution in [-0.2, 0) is 5.41 Å². The molecule has 0 atom stereocenters. The average Bonchev–Trinajstić information content (AvgIpc) is 3.50. The van der Waals surface area contributed by atoms with E-state index >= 15 is 0 Å². The predicted molar refractivity (Wildman–Crippen MR) is 237 cm³/mol. The minimum atomic E-state index is -0.196. The lowest BCUT2D eigenvalue weighted by Gasteiger charge is -2.23. The molecule has 57 heavy (non-hydrogen) atoms. The Morgan fingerprint density at radius 3 is 1.39 bits per heavy atom. The van der Waals surface area contributed by atoms with E-state index in [9.17, 15) is 0 Å². The van der Waals surface area contributed by atoms with Crippen molar-refractivity contribution in [3.05, 3.63) is 199 Å². The van der Waals surface area contributed by atoms with Gasteiger partial charge >= 0.3 is 0 Å². The summed E-state index contributed by atoms with van der Waals surface area (Å²) in [6.07, 6.45) is 0. The number of benzene rings is 9. The molecule has 0 radical (unpaired) electrons. The van der Waals surface area contributed by atoms with Crippen LogP contribution >= 0.6 is 0 Å². The maximum Gasteiger partial charge on any atom is 0.165 e. The van der Waals surface area contributed by atoms with E-state index in [2.05, 4.69) is 202 Å². The van der Waals surface area contributed by atoms with Gasteiger partial charge in [0, 0.05) is 22.1 Å². The average molecular weight is 728 g/mol. The van der Waals surface area contributed by atoms with Gasteiger partial charge in [-0.3, -0.25) is 0 Å². The Kier molecular flexibility index (Phi) is 7.52. The summed E-state index contributed by atoms with van der Waals surface area (Å²) >= 11 is 0. The fourth-order valence-corrected chi connectivity index (χ4v) is 9.04. The van der Waals surface area contributed by atoms with Crippen LogP contribution in [0.15, 0.2) is 188 Å².